The molecule has 5 rings (SSSR count). The van der Waals surface area contributed by atoms with Gasteiger partial charge in [-0.1, -0.05) is 65.3 Å². The summed E-state index contributed by atoms with van der Waals surface area (Å²) < 4.78 is 11.9. The molecule has 4 N–H and O–H groups in total. The molecule has 234 valence electrons. The van der Waals surface area contributed by atoms with Crippen molar-refractivity contribution in [1.82, 2.24) is 0 Å². The summed E-state index contributed by atoms with van der Waals surface area (Å²) in [7, 11) is 0. The standard InChI is InChI=1S/C35H58O6/c1-7-22(20(2)3)9-8-21(4)26-12-13-27-25-11-10-23-18-24(14-16-34(23,5)28(25)15-17-35(26,27)6)40-33-32(39)31(38)30(37)29(19-36)41-33/h8-9,11,20-24,26-33,36-39H,7,10,12-19H2,1-6H3/t21-,22?,23?,24+,26-,27+,28+,29-,30-,31+,32-,33-,34+,35-/m1/s1. The number of hydrogen-bond acceptors (Lipinski definition) is 6. The Morgan fingerprint density at radius 3 is 2.34 bits per heavy atom. The van der Waals surface area contributed by atoms with Gasteiger partial charge in [-0.15, -0.1) is 0 Å². The molecule has 1 saturated heterocycles. The van der Waals surface area contributed by atoms with E-state index in [2.05, 4.69) is 59.8 Å². The van der Waals surface area contributed by atoms with Crippen LogP contribution in [0, 0.1) is 52.3 Å². The summed E-state index contributed by atoms with van der Waals surface area (Å²) in [6.07, 6.45) is 12.0. The van der Waals surface area contributed by atoms with Crippen LogP contribution in [-0.4, -0.2) is 63.8 Å². The first kappa shape index (κ1) is 31.7. The lowest BCUT2D eigenvalue weighted by atomic mass is 9.47. The number of fused-ring (bicyclic) bond motifs is 5. The number of rotatable bonds is 8. The van der Waals surface area contributed by atoms with E-state index in [1.807, 2.05) is 0 Å². The molecule has 2 unspecified atom stereocenters. The van der Waals surface area contributed by atoms with E-state index in [0.29, 0.717) is 40.9 Å². The summed E-state index contributed by atoms with van der Waals surface area (Å²) in [5.74, 6) is 4.61. The molecule has 0 aromatic heterocycles. The maximum absolute atomic E-state index is 10.5. The van der Waals surface area contributed by atoms with Crippen LogP contribution in [0.25, 0.3) is 0 Å². The van der Waals surface area contributed by atoms with Crippen LogP contribution in [0.3, 0.4) is 0 Å². The molecule has 0 spiro atoms. The van der Waals surface area contributed by atoms with Crippen molar-refractivity contribution in [2.45, 2.75) is 136 Å². The highest BCUT2D eigenvalue weighted by atomic mass is 16.7. The van der Waals surface area contributed by atoms with Gasteiger partial charge in [-0.05, 0) is 110 Å². The van der Waals surface area contributed by atoms with Crippen LogP contribution in [0.1, 0.15) is 99.3 Å². The summed E-state index contributed by atoms with van der Waals surface area (Å²) >= 11 is 0. The number of allylic oxidation sites excluding steroid dienone is 4. The topological polar surface area (TPSA) is 99.4 Å². The largest absolute Gasteiger partial charge is 0.394 e. The SMILES string of the molecule is CCC(C=C[C@@H](C)[C@H]1CC[C@H]2C3=CCC4C[C@@H](O[C@@H]5O[C@H](CO)[C@@H](O)[C@H](O)[C@H]5O)CC[C@]4(C)[C@H]3CC[C@]12C)C(C)C. The predicted molar refractivity (Wildman–Crippen MR) is 161 cm³/mol. The van der Waals surface area contributed by atoms with Crippen molar-refractivity contribution in [3.05, 3.63) is 23.8 Å². The highest BCUT2D eigenvalue weighted by Gasteiger charge is 2.58. The summed E-state index contributed by atoms with van der Waals surface area (Å²) in [5, 5.41) is 40.4. The molecule has 3 saturated carbocycles. The molecule has 4 fully saturated rings. The molecule has 14 atom stereocenters. The Kier molecular flexibility index (Phi) is 9.51. The zero-order valence-electron chi connectivity index (χ0n) is 26.4. The molecule has 6 heteroatoms. The molecule has 0 aromatic rings. The lowest BCUT2D eigenvalue weighted by molar-refractivity contribution is -0.315. The average molecular weight is 575 g/mol. The molecular formula is C35H58O6. The smallest absolute Gasteiger partial charge is 0.186 e. The quantitative estimate of drug-likeness (QED) is 0.281. The average Bonchev–Trinajstić information content (AvgIpc) is 3.30. The minimum atomic E-state index is -1.40. The normalized spacial score (nSPS) is 47.9. The van der Waals surface area contributed by atoms with E-state index in [9.17, 15) is 20.4 Å². The Morgan fingerprint density at radius 2 is 1.66 bits per heavy atom. The Hall–Kier alpha value is -0.760. The monoisotopic (exact) mass is 574 g/mol. The molecule has 6 nitrogen and oxygen atoms in total. The van der Waals surface area contributed by atoms with Gasteiger partial charge in [0, 0.05) is 0 Å². The van der Waals surface area contributed by atoms with Gasteiger partial charge in [-0.2, -0.15) is 0 Å². The molecule has 41 heavy (non-hydrogen) atoms. The fourth-order valence-electron chi connectivity index (χ4n) is 10.2. The molecule has 0 radical (unpaired) electrons. The van der Waals surface area contributed by atoms with E-state index in [1.54, 1.807) is 5.57 Å². The highest BCUT2D eigenvalue weighted by Crippen LogP contribution is 2.67. The number of ether oxygens (including phenoxy) is 2. The molecule has 0 aromatic carbocycles. The van der Waals surface area contributed by atoms with Gasteiger partial charge in [0.05, 0.1) is 12.7 Å². The maximum atomic E-state index is 10.5. The van der Waals surface area contributed by atoms with Crippen LogP contribution >= 0.6 is 0 Å². The third kappa shape index (κ3) is 5.64. The van der Waals surface area contributed by atoms with Crippen LogP contribution < -0.4 is 0 Å². The minimum Gasteiger partial charge on any atom is -0.394 e. The fraction of sp³-hybridized carbons (Fsp3) is 0.886. The van der Waals surface area contributed by atoms with E-state index in [4.69, 9.17) is 9.47 Å². The van der Waals surface area contributed by atoms with E-state index < -0.39 is 37.3 Å². The van der Waals surface area contributed by atoms with Gasteiger partial charge < -0.3 is 29.9 Å². The molecular weight excluding hydrogens is 516 g/mol. The van der Waals surface area contributed by atoms with Crippen molar-refractivity contribution in [1.29, 1.82) is 0 Å². The summed E-state index contributed by atoms with van der Waals surface area (Å²) in [5.41, 5.74) is 2.41. The molecule has 0 bridgehead atoms. The van der Waals surface area contributed by atoms with E-state index in [1.165, 1.54) is 32.1 Å². The number of aliphatic hydroxyl groups is 4. The lowest BCUT2D eigenvalue weighted by Crippen LogP contribution is -2.60. The molecule has 1 heterocycles. The summed E-state index contributed by atoms with van der Waals surface area (Å²) in [4.78, 5) is 0. The van der Waals surface area contributed by atoms with Crippen LogP contribution in [0.4, 0.5) is 0 Å². The number of aliphatic hydroxyl groups excluding tert-OH is 4. The summed E-state index contributed by atoms with van der Waals surface area (Å²) in [6.45, 7) is 14.2. The van der Waals surface area contributed by atoms with Gasteiger partial charge in [0.1, 0.15) is 24.4 Å². The Labute approximate surface area is 248 Å². The maximum Gasteiger partial charge on any atom is 0.186 e. The van der Waals surface area contributed by atoms with Crippen LogP contribution in [0.15, 0.2) is 23.8 Å². The van der Waals surface area contributed by atoms with Gasteiger partial charge >= 0.3 is 0 Å². The van der Waals surface area contributed by atoms with Crippen molar-refractivity contribution in [3.63, 3.8) is 0 Å². The Balaban J connectivity index is 1.26. The second-order valence-corrected chi connectivity index (χ2v) is 15.3. The van der Waals surface area contributed by atoms with Gasteiger partial charge in [0.2, 0.25) is 0 Å². The first-order chi connectivity index (χ1) is 19.4. The van der Waals surface area contributed by atoms with E-state index >= 15 is 0 Å². The van der Waals surface area contributed by atoms with Crippen molar-refractivity contribution in [2.24, 2.45) is 52.3 Å². The van der Waals surface area contributed by atoms with E-state index in [-0.39, 0.29) is 11.5 Å². The predicted octanol–water partition coefficient (Wildman–Crippen LogP) is 5.63. The highest BCUT2D eigenvalue weighted by molar-refractivity contribution is 5.28. The molecule has 1 aliphatic heterocycles. The number of hydrogen-bond donors (Lipinski definition) is 4. The van der Waals surface area contributed by atoms with Crippen molar-refractivity contribution in [3.8, 4) is 0 Å². The lowest BCUT2D eigenvalue weighted by Gasteiger charge is -2.58. The second kappa shape index (κ2) is 12.3. The first-order valence-corrected chi connectivity index (χ1v) is 16.8. The van der Waals surface area contributed by atoms with Crippen LogP contribution in [0.5, 0.6) is 0 Å². The third-order valence-electron chi connectivity index (χ3n) is 12.9. The third-order valence-corrected chi connectivity index (χ3v) is 12.9. The molecule has 4 aliphatic carbocycles. The van der Waals surface area contributed by atoms with Gasteiger partial charge in [-0.3, -0.25) is 0 Å². The fourth-order valence-corrected chi connectivity index (χ4v) is 10.2. The van der Waals surface area contributed by atoms with Crippen molar-refractivity contribution in [2.75, 3.05) is 6.61 Å². The molecule has 5 aliphatic rings. The van der Waals surface area contributed by atoms with Crippen LogP contribution in [0.2, 0.25) is 0 Å². The molecule has 0 amide bonds. The Bertz CT molecular complexity index is 960. The van der Waals surface area contributed by atoms with Crippen molar-refractivity contribution >= 4 is 0 Å². The zero-order chi connectivity index (χ0) is 29.7. The van der Waals surface area contributed by atoms with Gasteiger partial charge in [0.15, 0.2) is 6.29 Å². The van der Waals surface area contributed by atoms with Gasteiger partial charge in [-0.25, -0.2) is 0 Å². The van der Waals surface area contributed by atoms with E-state index in [0.717, 1.165) is 31.6 Å². The zero-order valence-corrected chi connectivity index (χ0v) is 26.4. The minimum absolute atomic E-state index is 0.0698. The second-order valence-electron chi connectivity index (χ2n) is 15.3. The van der Waals surface area contributed by atoms with Gasteiger partial charge in [0.25, 0.3) is 0 Å². The Morgan fingerprint density at radius 1 is 0.951 bits per heavy atom. The summed E-state index contributed by atoms with van der Waals surface area (Å²) in [6, 6.07) is 0. The van der Waals surface area contributed by atoms with Crippen LogP contribution in [-0.2, 0) is 9.47 Å². The first-order valence-electron chi connectivity index (χ1n) is 16.8. The van der Waals surface area contributed by atoms with Crippen molar-refractivity contribution < 1.29 is 29.9 Å².